The van der Waals surface area contributed by atoms with Gasteiger partial charge in [-0.3, -0.25) is 5.32 Å². The van der Waals surface area contributed by atoms with E-state index in [1.807, 2.05) is 31.7 Å². The van der Waals surface area contributed by atoms with Crippen LogP contribution in [0.2, 0.25) is 0 Å². The Kier molecular flexibility index (Phi) is 4.63. The fourth-order valence-electron chi connectivity index (χ4n) is 2.78. The summed E-state index contributed by atoms with van der Waals surface area (Å²) in [6, 6.07) is -0.106. The van der Waals surface area contributed by atoms with Crippen molar-refractivity contribution >= 4 is 22.4 Å². The molecule has 3 heterocycles. The summed E-state index contributed by atoms with van der Waals surface area (Å²) in [5, 5.41) is 7.67. The van der Waals surface area contributed by atoms with E-state index in [1.54, 1.807) is 6.33 Å². The lowest BCUT2D eigenvalue weighted by Gasteiger charge is -2.30. The Morgan fingerprint density at radius 2 is 2.30 bits per heavy atom. The molecule has 8 heteroatoms. The third-order valence-corrected chi connectivity index (χ3v) is 4.92. The van der Waals surface area contributed by atoms with E-state index < -0.39 is 0 Å². The Bertz CT molecular complexity index is 696. The van der Waals surface area contributed by atoms with E-state index in [-0.39, 0.29) is 18.2 Å². The third-order valence-electron chi connectivity index (χ3n) is 3.93. The predicted octanol–water partition coefficient (Wildman–Crippen LogP) is 2.54. The summed E-state index contributed by atoms with van der Waals surface area (Å²) < 4.78 is 7.77. The topological polar surface area (TPSA) is 81.1 Å². The van der Waals surface area contributed by atoms with Crippen molar-refractivity contribution in [3.05, 3.63) is 28.9 Å². The maximum absolute atomic E-state index is 12.2. The fraction of sp³-hybridized carbons (Fsp3) is 0.533. The van der Waals surface area contributed by atoms with Crippen LogP contribution in [0, 0.1) is 13.8 Å². The molecule has 7 nitrogen and oxygen atoms in total. The zero-order valence-electron chi connectivity index (χ0n) is 13.5. The number of thiazole rings is 1. The van der Waals surface area contributed by atoms with Gasteiger partial charge in [-0.1, -0.05) is 0 Å². The van der Waals surface area contributed by atoms with E-state index in [0.717, 1.165) is 34.2 Å². The van der Waals surface area contributed by atoms with Crippen molar-refractivity contribution < 1.29 is 9.53 Å². The van der Waals surface area contributed by atoms with Crippen molar-refractivity contribution in [2.45, 2.75) is 38.8 Å². The average molecular weight is 335 g/mol. The highest BCUT2D eigenvalue weighted by Crippen LogP contribution is 2.28. The van der Waals surface area contributed by atoms with E-state index in [0.29, 0.717) is 6.61 Å². The maximum atomic E-state index is 12.2. The second-order valence-electron chi connectivity index (χ2n) is 5.76. The van der Waals surface area contributed by atoms with Gasteiger partial charge in [-0.2, -0.15) is 0 Å². The number of carbonyl (C=O) groups excluding carboxylic acids is 1. The number of hydrogen-bond acceptors (Lipinski definition) is 5. The van der Waals surface area contributed by atoms with Crippen molar-refractivity contribution in [1.29, 1.82) is 0 Å². The van der Waals surface area contributed by atoms with Gasteiger partial charge in [0.1, 0.15) is 11.1 Å². The maximum Gasteiger partial charge on any atom is 0.320 e. The number of hydrogen-bond donors (Lipinski definition) is 2. The van der Waals surface area contributed by atoms with Gasteiger partial charge in [0.15, 0.2) is 0 Å². The Labute approximate surface area is 139 Å². The first-order chi connectivity index (χ1) is 11.0. The number of ether oxygens (including phenoxy) is 1. The van der Waals surface area contributed by atoms with Gasteiger partial charge in [-0.25, -0.2) is 14.8 Å². The van der Waals surface area contributed by atoms with Crippen LogP contribution in [0.5, 0.6) is 0 Å². The van der Waals surface area contributed by atoms with E-state index in [1.165, 1.54) is 11.3 Å². The highest BCUT2D eigenvalue weighted by atomic mass is 32.1. The van der Waals surface area contributed by atoms with Crippen LogP contribution in [0.25, 0.3) is 0 Å². The molecular formula is C15H21N5O2S. The lowest BCUT2D eigenvalue weighted by Crippen LogP contribution is -2.42. The molecule has 3 rings (SSSR count). The lowest BCUT2D eigenvalue weighted by atomic mass is 10.0. The number of amides is 2. The number of anilines is 1. The van der Waals surface area contributed by atoms with Crippen LogP contribution in [-0.2, 0) is 11.8 Å². The van der Waals surface area contributed by atoms with Gasteiger partial charge in [0.2, 0.25) is 0 Å². The van der Waals surface area contributed by atoms with E-state index in [4.69, 9.17) is 4.74 Å². The van der Waals surface area contributed by atoms with Crippen LogP contribution in [0.3, 0.4) is 0 Å². The minimum Gasteiger partial charge on any atom is -0.372 e. The average Bonchev–Trinajstić information content (AvgIpc) is 3.05. The number of nitrogens with one attached hydrogen (secondary N) is 2. The molecule has 2 N–H and O–H groups in total. The molecule has 0 bridgehead atoms. The van der Waals surface area contributed by atoms with Crippen LogP contribution in [-0.4, -0.2) is 33.2 Å². The van der Waals surface area contributed by atoms with Crippen LogP contribution in [0.15, 0.2) is 12.5 Å². The van der Waals surface area contributed by atoms with Crippen LogP contribution < -0.4 is 10.6 Å². The van der Waals surface area contributed by atoms with E-state index in [9.17, 15) is 4.79 Å². The quantitative estimate of drug-likeness (QED) is 0.903. The Hall–Kier alpha value is -1.93. The molecule has 124 valence electrons. The number of urea groups is 1. The molecule has 0 aliphatic carbocycles. The Balaban J connectivity index is 1.58. The predicted molar refractivity (Wildman–Crippen MR) is 88.7 cm³/mol. The molecule has 0 spiro atoms. The van der Waals surface area contributed by atoms with Gasteiger partial charge in [-0.05, 0) is 26.7 Å². The van der Waals surface area contributed by atoms with Gasteiger partial charge >= 0.3 is 6.03 Å². The second-order valence-corrected chi connectivity index (χ2v) is 6.96. The number of aromatic nitrogens is 3. The molecule has 0 radical (unpaired) electrons. The van der Waals surface area contributed by atoms with Gasteiger partial charge < -0.3 is 14.6 Å². The van der Waals surface area contributed by atoms with Crippen LogP contribution in [0.1, 0.15) is 35.3 Å². The molecule has 1 saturated heterocycles. The summed E-state index contributed by atoms with van der Waals surface area (Å²) in [6.07, 6.45) is 5.10. The number of imidazole rings is 1. The third kappa shape index (κ3) is 3.70. The molecule has 0 saturated carbocycles. The van der Waals surface area contributed by atoms with Crippen molar-refractivity contribution in [2.75, 3.05) is 11.9 Å². The summed E-state index contributed by atoms with van der Waals surface area (Å²) >= 11 is 1.49. The zero-order chi connectivity index (χ0) is 16.4. The highest BCUT2D eigenvalue weighted by Gasteiger charge is 2.27. The minimum absolute atomic E-state index is 0.0334. The molecule has 2 aromatic rings. The number of aryl methyl sites for hydroxylation is 3. The summed E-state index contributed by atoms with van der Waals surface area (Å²) in [6.45, 7) is 4.45. The largest absolute Gasteiger partial charge is 0.372 e. The lowest BCUT2D eigenvalue weighted by molar-refractivity contribution is -0.00151. The van der Waals surface area contributed by atoms with Crippen molar-refractivity contribution in [1.82, 2.24) is 19.9 Å². The van der Waals surface area contributed by atoms with E-state index >= 15 is 0 Å². The Morgan fingerprint density at radius 1 is 1.48 bits per heavy atom. The van der Waals surface area contributed by atoms with Gasteiger partial charge in [-0.15, -0.1) is 11.3 Å². The summed E-state index contributed by atoms with van der Waals surface area (Å²) in [7, 11) is 1.95. The summed E-state index contributed by atoms with van der Waals surface area (Å²) in [5.74, 6) is 0. The molecule has 0 aromatic carbocycles. The van der Waals surface area contributed by atoms with Crippen LogP contribution >= 0.6 is 11.3 Å². The SMILES string of the molecule is Cc1nc(C)c(NC(=O)N[C@@H]2CCO[C@H](c3cncn3C)C2)s1. The highest BCUT2D eigenvalue weighted by molar-refractivity contribution is 7.16. The van der Waals surface area contributed by atoms with Gasteiger partial charge in [0, 0.05) is 19.7 Å². The second kappa shape index (κ2) is 6.67. The molecule has 0 unspecified atom stereocenters. The first-order valence-corrected chi connectivity index (χ1v) is 8.44. The zero-order valence-corrected chi connectivity index (χ0v) is 14.3. The smallest absolute Gasteiger partial charge is 0.320 e. The first kappa shape index (κ1) is 15.9. The number of rotatable bonds is 3. The number of carbonyl (C=O) groups is 1. The standard InChI is InChI=1S/C15H21N5O2S/c1-9-14(23-10(2)17-9)19-15(21)18-11-4-5-22-13(6-11)12-7-16-8-20(12)3/h7-8,11,13H,4-6H2,1-3H3,(H2,18,19,21)/t11-,13+/m1/s1. The molecule has 2 atom stereocenters. The molecule has 2 aromatic heterocycles. The molecular weight excluding hydrogens is 314 g/mol. The molecule has 23 heavy (non-hydrogen) atoms. The minimum atomic E-state index is -0.188. The first-order valence-electron chi connectivity index (χ1n) is 7.62. The fourth-order valence-corrected chi connectivity index (χ4v) is 3.60. The number of nitrogens with zero attached hydrogens (tertiary/aromatic N) is 3. The molecule has 2 amide bonds. The van der Waals surface area contributed by atoms with E-state index in [2.05, 4.69) is 20.6 Å². The summed E-state index contributed by atoms with van der Waals surface area (Å²) in [4.78, 5) is 20.6. The van der Waals surface area contributed by atoms with Crippen molar-refractivity contribution in [2.24, 2.45) is 7.05 Å². The van der Waals surface area contributed by atoms with Gasteiger partial charge in [0.05, 0.1) is 28.9 Å². The molecule has 1 fully saturated rings. The summed E-state index contributed by atoms with van der Waals surface area (Å²) in [5.41, 5.74) is 1.88. The normalized spacial score (nSPS) is 21.2. The van der Waals surface area contributed by atoms with Crippen LogP contribution in [0.4, 0.5) is 9.80 Å². The molecule has 1 aliphatic rings. The molecule has 1 aliphatic heterocycles. The van der Waals surface area contributed by atoms with Gasteiger partial charge in [0.25, 0.3) is 0 Å². The van der Waals surface area contributed by atoms with Crippen molar-refractivity contribution in [3.8, 4) is 0 Å². The van der Waals surface area contributed by atoms with Crippen molar-refractivity contribution in [3.63, 3.8) is 0 Å². The Morgan fingerprint density at radius 3 is 2.96 bits per heavy atom. The monoisotopic (exact) mass is 335 g/mol.